The number of carboxylic acid groups (broad SMARTS) is 1. The molecule has 3 saturated carbocycles. The van der Waals surface area contributed by atoms with Crippen molar-refractivity contribution in [2.45, 2.75) is 32.1 Å². The van der Waals surface area contributed by atoms with Gasteiger partial charge in [-0.25, -0.2) is 0 Å². The largest absolute Gasteiger partial charge is 1.00 e. The standard InChI is InChI=1S/C9H14O2.Na.H2O/c10-9(11)8-5-6-1-3-7(8)4-2-6;;/h6-8H,1-5H2,(H,10,11);;1H2/q;+1;/p-1. The Morgan fingerprint density at radius 1 is 1.15 bits per heavy atom. The molecule has 0 radical (unpaired) electrons. The number of aliphatic carboxylic acids is 1. The summed E-state index contributed by atoms with van der Waals surface area (Å²) in [5.74, 6) is 0.695. The van der Waals surface area contributed by atoms with Gasteiger partial charge in [-0.05, 0) is 31.1 Å². The maximum Gasteiger partial charge on any atom is 1.00 e. The van der Waals surface area contributed by atoms with Crippen molar-refractivity contribution in [3.63, 3.8) is 0 Å². The summed E-state index contributed by atoms with van der Waals surface area (Å²) >= 11 is 0. The van der Waals surface area contributed by atoms with E-state index in [4.69, 9.17) is 5.11 Å². The minimum Gasteiger partial charge on any atom is -0.870 e. The van der Waals surface area contributed by atoms with Crippen LogP contribution in [0.4, 0.5) is 0 Å². The summed E-state index contributed by atoms with van der Waals surface area (Å²) in [6.45, 7) is 0. The fourth-order valence-corrected chi connectivity index (χ4v) is 2.68. The van der Waals surface area contributed by atoms with Crippen LogP contribution >= 0.6 is 0 Å². The molecular weight excluding hydrogens is 179 g/mol. The first-order valence-corrected chi connectivity index (χ1v) is 4.50. The summed E-state index contributed by atoms with van der Waals surface area (Å²) in [7, 11) is 0. The van der Waals surface area contributed by atoms with Crippen LogP contribution < -0.4 is 29.6 Å². The van der Waals surface area contributed by atoms with Crippen molar-refractivity contribution in [1.29, 1.82) is 0 Å². The van der Waals surface area contributed by atoms with Gasteiger partial charge in [-0.3, -0.25) is 4.79 Å². The van der Waals surface area contributed by atoms with E-state index in [0.29, 0.717) is 5.92 Å². The molecule has 0 spiro atoms. The van der Waals surface area contributed by atoms with Crippen LogP contribution in [-0.2, 0) is 4.79 Å². The second kappa shape index (κ2) is 5.35. The summed E-state index contributed by atoms with van der Waals surface area (Å²) < 4.78 is 0. The second-order valence-corrected chi connectivity index (χ2v) is 3.96. The summed E-state index contributed by atoms with van der Waals surface area (Å²) in [5, 5.41) is 8.86. The number of fused-ring (bicyclic) bond motifs is 3. The quantitative estimate of drug-likeness (QED) is 0.529. The molecule has 0 heterocycles. The van der Waals surface area contributed by atoms with Crippen LogP contribution in [0, 0.1) is 17.8 Å². The van der Waals surface area contributed by atoms with E-state index in [0.717, 1.165) is 12.3 Å². The molecule has 3 nitrogen and oxygen atoms in total. The second-order valence-electron chi connectivity index (χ2n) is 3.96. The topological polar surface area (TPSA) is 67.3 Å². The summed E-state index contributed by atoms with van der Waals surface area (Å²) in [6.07, 6.45) is 5.87. The SMILES string of the molecule is O=C(O)C1CC2CCC1CC2.[Na+].[OH-]. The third-order valence-electron chi connectivity index (χ3n) is 3.36. The zero-order chi connectivity index (χ0) is 7.84. The van der Waals surface area contributed by atoms with E-state index in [1.54, 1.807) is 0 Å². The molecule has 3 aliphatic carbocycles. The van der Waals surface area contributed by atoms with Gasteiger partial charge in [0, 0.05) is 0 Å². The first kappa shape index (κ1) is 13.4. The van der Waals surface area contributed by atoms with Gasteiger partial charge in [-0.2, -0.15) is 0 Å². The minimum absolute atomic E-state index is 0. The monoisotopic (exact) mass is 194 g/mol. The van der Waals surface area contributed by atoms with Crippen LogP contribution in [0.5, 0.6) is 0 Å². The maximum absolute atomic E-state index is 10.7. The molecule has 0 amide bonds. The van der Waals surface area contributed by atoms with Crippen LogP contribution in [0.25, 0.3) is 0 Å². The molecule has 0 saturated heterocycles. The fraction of sp³-hybridized carbons (Fsp3) is 0.889. The molecule has 2 bridgehead atoms. The molecule has 1 unspecified atom stereocenters. The van der Waals surface area contributed by atoms with Gasteiger partial charge in [0.1, 0.15) is 0 Å². The van der Waals surface area contributed by atoms with Gasteiger partial charge >= 0.3 is 35.5 Å². The molecule has 0 aromatic heterocycles. The third-order valence-corrected chi connectivity index (χ3v) is 3.36. The Bertz CT molecular complexity index is 176. The molecule has 0 aromatic carbocycles. The van der Waals surface area contributed by atoms with Gasteiger partial charge in [-0.15, -0.1) is 0 Å². The first-order chi connectivity index (χ1) is 5.27. The summed E-state index contributed by atoms with van der Waals surface area (Å²) in [4.78, 5) is 10.7. The zero-order valence-electron chi connectivity index (χ0n) is 8.07. The number of hydrogen-bond donors (Lipinski definition) is 1. The molecule has 4 heteroatoms. The smallest absolute Gasteiger partial charge is 0.870 e. The maximum atomic E-state index is 10.7. The summed E-state index contributed by atoms with van der Waals surface area (Å²) in [6, 6.07) is 0. The molecule has 70 valence electrons. The van der Waals surface area contributed by atoms with E-state index in [2.05, 4.69) is 0 Å². The molecule has 3 fully saturated rings. The molecule has 1 atom stereocenters. The van der Waals surface area contributed by atoms with Gasteiger partial charge in [0.25, 0.3) is 0 Å². The number of rotatable bonds is 1. The van der Waals surface area contributed by atoms with Crippen molar-refractivity contribution < 1.29 is 44.9 Å². The Hall–Kier alpha value is 0.430. The Morgan fingerprint density at radius 3 is 1.92 bits per heavy atom. The van der Waals surface area contributed by atoms with E-state index in [-0.39, 0.29) is 41.0 Å². The predicted molar refractivity (Wildman–Crippen MR) is 43.1 cm³/mol. The molecule has 13 heavy (non-hydrogen) atoms. The van der Waals surface area contributed by atoms with Crippen LogP contribution in [0.15, 0.2) is 0 Å². The van der Waals surface area contributed by atoms with Crippen LogP contribution in [0.2, 0.25) is 0 Å². The molecular formula is C9H15NaO3. The normalized spacial score (nSPS) is 35.8. The van der Waals surface area contributed by atoms with Crippen molar-refractivity contribution in [2.24, 2.45) is 17.8 Å². The minimum atomic E-state index is -0.556. The first-order valence-electron chi connectivity index (χ1n) is 4.50. The van der Waals surface area contributed by atoms with Gasteiger partial charge < -0.3 is 10.6 Å². The van der Waals surface area contributed by atoms with E-state index in [9.17, 15) is 4.79 Å². The van der Waals surface area contributed by atoms with Gasteiger partial charge in [0.2, 0.25) is 0 Å². The molecule has 0 aliphatic heterocycles. The van der Waals surface area contributed by atoms with Crippen molar-refractivity contribution in [3.8, 4) is 0 Å². The average molecular weight is 194 g/mol. The van der Waals surface area contributed by atoms with Gasteiger partial charge in [-0.1, -0.05) is 12.8 Å². The predicted octanol–water partition coefficient (Wildman–Crippen LogP) is -1.28. The molecule has 3 rings (SSSR count). The van der Waals surface area contributed by atoms with Crippen LogP contribution in [0.3, 0.4) is 0 Å². The third kappa shape index (κ3) is 2.69. The summed E-state index contributed by atoms with van der Waals surface area (Å²) in [5.41, 5.74) is 0. The van der Waals surface area contributed by atoms with Crippen molar-refractivity contribution in [2.75, 3.05) is 0 Å². The average Bonchev–Trinajstić information content (AvgIpc) is 2.06. The number of carbonyl (C=O) groups is 1. The Morgan fingerprint density at radius 2 is 1.69 bits per heavy atom. The van der Waals surface area contributed by atoms with Crippen molar-refractivity contribution in [1.82, 2.24) is 0 Å². The Labute approximate surface area is 100 Å². The van der Waals surface area contributed by atoms with E-state index in [1.807, 2.05) is 0 Å². The molecule has 0 aromatic rings. The van der Waals surface area contributed by atoms with E-state index < -0.39 is 5.97 Å². The van der Waals surface area contributed by atoms with E-state index >= 15 is 0 Å². The zero-order valence-corrected chi connectivity index (χ0v) is 10.1. The van der Waals surface area contributed by atoms with Crippen LogP contribution in [0.1, 0.15) is 32.1 Å². The molecule has 2 N–H and O–H groups in total. The van der Waals surface area contributed by atoms with Crippen molar-refractivity contribution in [3.05, 3.63) is 0 Å². The number of carboxylic acids is 1. The van der Waals surface area contributed by atoms with Gasteiger partial charge in [0.15, 0.2) is 0 Å². The Balaban J connectivity index is 0.000000720. The number of hydrogen-bond acceptors (Lipinski definition) is 2. The Kier molecular flexibility index (Phi) is 5.52. The van der Waals surface area contributed by atoms with Crippen molar-refractivity contribution >= 4 is 5.97 Å². The van der Waals surface area contributed by atoms with Crippen LogP contribution in [-0.4, -0.2) is 16.6 Å². The van der Waals surface area contributed by atoms with E-state index in [1.165, 1.54) is 25.7 Å². The van der Waals surface area contributed by atoms with Gasteiger partial charge in [0.05, 0.1) is 5.92 Å². The fourth-order valence-electron chi connectivity index (χ4n) is 2.68. The molecule has 3 aliphatic rings.